The van der Waals surface area contributed by atoms with E-state index in [-0.39, 0.29) is 0 Å². The van der Waals surface area contributed by atoms with Gasteiger partial charge in [-0.3, -0.25) is 0 Å². The minimum Gasteiger partial charge on any atom is -0.479 e. The molecule has 106 valence electrons. The first kappa shape index (κ1) is 15.4. The highest BCUT2D eigenvalue weighted by atomic mass is 32.1. The van der Waals surface area contributed by atoms with E-state index in [1.807, 2.05) is 0 Å². The summed E-state index contributed by atoms with van der Waals surface area (Å²) in [5.74, 6) is -1.45. The number of thiazole rings is 1. The molecule has 7 nitrogen and oxygen atoms in total. The Morgan fingerprint density at radius 3 is 2.53 bits per heavy atom. The van der Waals surface area contributed by atoms with Crippen molar-refractivity contribution < 1.29 is 24.5 Å². The van der Waals surface area contributed by atoms with Crippen LogP contribution in [0.1, 0.15) is 31.8 Å². The average Bonchev–Trinajstić information content (AvgIpc) is 2.75. The van der Waals surface area contributed by atoms with Crippen LogP contribution in [0, 0.1) is 0 Å². The molecule has 0 saturated heterocycles. The van der Waals surface area contributed by atoms with Crippen LogP contribution >= 0.6 is 11.3 Å². The Kier molecular flexibility index (Phi) is 4.84. The molecule has 8 heteroatoms. The molecule has 0 spiro atoms. The highest BCUT2D eigenvalue weighted by molar-refractivity contribution is 7.09. The molecular formula is C11H16N2O5S. The second kappa shape index (κ2) is 5.98. The van der Waals surface area contributed by atoms with Crippen molar-refractivity contribution in [3.05, 3.63) is 16.6 Å². The van der Waals surface area contributed by atoms with Crippen molar-refractivity contribution in [2.24, 2.45) is 0 Å². The highest BCUT2D eigenvalue weighted by Gasteiger charge is 2.32. The minimum absolute atomic E-state index is 0.292. The van der Waals surface area contributed by atoms with Crippen LogP contribution in [-0.4, -0.2) is 39.0 Å². The molecule has 1 rings (SSSR count). The van der Waals surface area contributed by atoms with Crippen LogP contribution in [-0.2, 0) is 9.53 Å². The van der Waals surface area contributed by atoms with E-state index in [1.165, 1.54) is 6.20 Å². The van der Waals surface area contributed by atoms with E-state index < -0.39 is 29.8 Å². The van der Waals surface area contributed by atoms with E-state index in [2.05, 4.69) is 10.3 Å². The maximum atomic E-state index is 11.6. The van der Waals surface area contributed by atoms with Crippen LogP contribution < -0.4 is 5.32 Å². The summed E-state index contributed by atoms with van der Waals surface area (Å²) in [7, 11) is 0. The smallest absolute Gasteiger partial charge is 0.408 e. The van der Waals surface area contributed by atoms with Crippen molar-refractivity contribution in [2.45, 2.75) is 38.5 Å². The molecule has 19 heavy (non-hydrogen) atoms. The topological polar surface area (TPSA) is 109 Å². The molecule has 1 heterocycles. The van der Waals surface area contributed by atoms with Crippen molar-refractivity contribution >= 4 is 23.4 Å². The molecule has 3 N–H and O–H groups in total. The third-order valence-electron chi connectivity index (χ3n) is 1.96. The molecule has 1 amide bonds. The maximum absolute atomic E-state index is 11.6. The van der Waals surface area contributed by atoms with Crippen LogP contribution in [0.2, 0.25) is 0 Å². The SMILES string of the molecule is CC(C)(C)OC(=O)N[C@@H](c1nccs1)[C@@H](O)C(=O)O. The van der Waals surface area contributed by atoms with E-state index in [0.29, 0.717) is 5.01 Å². The van der Waals surface area contributed by atoms with E-state index in [9.17, 15) is 14.7 Å². The Labute approximate surface area is 114 Å². The van der Waals surface area contributed by atoms with Crippen LogP contribution in [0.3, 0.4) is 0 Å². The number of amides is 1. The number of nitrogens with zero attached hydrogens (tertiary/aromatic N) is 1. The summed E-state index contributed by atoms with van der Waals surface area (Å²) in [4.78, 5) is 26.4. The number of carbonyl (C=O) groups excluding carboxylic acids is 1. The van der Waals surface area contributed by atoms with Gasteiger partial charge < -0.3 is 20.3 Å². The second-order valence-corrected chi connectivity index (χ2v) is 5.70. The molecule has 0 bridgehead atoms. The zero-order valence-electron chi connectivity index (χ0n) is 10.8. The molecule has 0 aromatic carbocycles. The Morgan fingerprint density at radius 2 is 2.11 bits per heavy atom. The number of aliphatic hydroxyl groups excluding tert-OH is 1. The summed E-state index contributed by atoms with van der Waals surface area (Å²) in [6.07, 6.45) is -1.15. The fourth-order valence-electron chi connectivity index (χ4n) is 1.24. The molecule has 2 atom stereocenters. The van der Waals surface area contributed by atoms with Gasteiger partial charge in [-0.1, -0.05) is 0 Å². The second-order valence-electron chi connectivity index (χ2n) is 4.78. The molecule has 1 aromatic heterocycles. The number of carboxylic acid groups (broad SMARTS) is 1. The van der Waals surface area contributed by atoms with E-state index >= 15 is 0 Å². The number of alkyl carbamates (subject to hydrolysis) is 1. The van der Waals surface area contributed by atoms with Gasteiger partial charge >= 0.3 is 12.1 Å². The summed E-state index contributed by atoms with van der Waals surface area (Å²) in [6, 6.07) is -1.15. The number of hydrogen-bond donors (Lipinski definition) is 3. The number of aromatic nitrogens is 1. The van der Waals surface area contributed by atoms with E-state index in [4.69, 9.17) is 9.84 Å². The molecule has 0 aliphatic rings. The lowest BCUT2D eigenvalue weighted by Gasteiger charge is -2.23. The van der Waals surface area contributed by atoms with Gasteiger partial charge in [0.25, 0.3) is 0 Å². The third kappa shape index (κ3) is 4.84. The van der Waals surface area contributed by atoms with Gasteiger partial charge in [0.05, 0.1) is 0 Å². The van der Waals surface area contributed by atoms with Gasteiger partial charge in [-0.05, 0) is 20.8 Å². The lowest BCUT2D eigenvalue weighted by atomic mass is 10.1. The average molecular weight is 288 g/mol. The van der Waals surface area contributed by atoms with Crippen molar-refractivity contribution in [3.8, 4) is 0 Å². The minimum atomic E-state index is -1.79. The predicted molar refractivity (Wildman–Crippen MR) is 67.9 cm³/mol. The molecule has 0 fully saturated rings. The number of hydrogen-bond acceptors (Lipinski definition) is 6. The van der Waals surface area contributed by atoms with Crippen molar-refractivity contribution in [1.29, 1.82) is 0 Å². The monoisotopic (exact) mass is 288 g/mol. The van der Waals surface area contributed by atoms with Gasteiger partial charge in [-0.2, -0.15) is 0 Å². The molecule has 0 saturated carbocycles. The molecule has 0 radical (unpaired) electrons. The zero-order valence-corrected chi connectivity index (χ0v) is 11.6. The van der Waals surface area contributed by atoms with Crippen molar-refractivity contribution in [2.75, 3.05) is 0 Å². The first-order valence-electron chi connectivity index (χ1n) is 5.50. The number of nitrogens with one attached hydrogen (secondary N) is 1. The Hall–Kier alpha value is -1.67. The lowest BCUT2D eigenvalue weighted by molar-refractivity contribution is -0.148. The highest BCUT2D eigenvalue weighted by Crippen LogP contribution is 2.20. The first-order chi connectivity index (χ1) is 8.70. The van der Waals surface area contributed by atoms with Gasteiger partial charge in [0, 0.05) is 11.6 Å². The van der Waals surface area contributed by atoms with Gasteiger partial charge in [0.2, 0.25) is 0 Å². The molecule has 0 unspecified atom stereocenters. The Bertz CT molecular complexity index is 440. The standard InChI is InChI=1S/C11H16N2O5S/c1-11(2,3)18-10(17)13-6(7(14)9(15)16)8-12-4-5-19-8/h4-7,14H,1-3H3,(H,13,17)(H,15,16)/t6-,7-/m1/s1. The number of carbonyl (C=O) groups is 2. The van der Waals surface area contributed by atoms with Crippen LogP contribution in [0.25, 0.3) is 0 Å². The predicted octanol–water partition coefficient (Wildman–Crippen LogP) is 1.15. The van der Waals surface area contributed by atoms with Gasteiger partial charge in [-0.25, -0.2) is 14.6 Å². The van der Waals surface area contributed by atoms with E-state index in [0.717, 1.165) is 11.3 Å². The van der Waals surface area contributed by atoms with Gasteiger partial charge in [0.1, 0.15) is 16.7 Å². The number of aliphatic hydroxyl groups is 1. The molecule has 0 aliphatic heterocycles. The number of carboxylic acids is 1. The Morgan fingerprint density at radius 1 is 1.47 bits per heavy atom. The summed E-state index contributed by atoms with van der Waals surface area (Å²) < 4.78 is 5.02. The summed E-state index contributed by atoms with van der Waals surface area (Å²) in [5.41, 5.74) is -0.717. The van der Waals surface area contributed by atoms with Crippen LogP contribution in [0.15, 0.2) is 11.6 Å². The molecular weight excluding hydrogens is 272 g/mol. The Balaban J connectivity index is 2.82. The molecule has 0 aliphatic carbocycles. The first-order valence-corrected chi connectivity index (χ1v) is 6.38. The summed E-state index contributed by atoms with van der Waals surface area (Å²) >= 11 is 1.13. The number of rotatable bonds is 4. The quantitative estimate of drug-likeness (QED) is 0.767. The molecule has 1 aromatic rings. The normalized spacial score (nSPS) is 14.5. The number of ether oxygens (including phenoxy) is 1. The van der Waals surface area contributed by atoms with Gasteiger partial charge in [0.15, 0.2) is 6.10 Å². The maximum Gasteiger partial charge on any atom is 0.408 e. The van der Waals surface area contributed by atoms with E-state index in [1.54, 1.807) is 26.2 Å². The summed E-state index contributed by atoms with van der Waals surface area (Å²) in [6.45, 7) is 5.04. The number of aliphatic carboxylic acids is 1. The third-order valence-corrected chi connectivity index (χ3v) is 2.82. The zero-order chi connectivity index (χ0) is 14.6. The largest absolute Gasteiger partial charge is 0.479 e. The fraction of sp³-hybridized carbons (Fsp3) is 0.545. The summed E-state index contributed by atoms with van der Waals surface area (Å²) in [5, 5.41) is 22.7. The lowest BCUT2D eigenvalue weighted by Crippen LogP contribution is -2.42. The van der Waals surface area contributed by atoms with Crippen LogP contribution in [0.5, 0.6) is 0 Å². The van der Waals surface area contributed by atoms with Crippen molar-refractivity contribution in [1.82, 2.24) is 10.3 Å². The van der Waals surface area contributed by atoms with Crippen molar-refractivity contribution in [3.63, 3.8) is 0 Å². The van der Waals surface area contributed by atoms with Crippen LogP contribution in [0.4, 0.5) is 4.79 Å². The fourth-order valence-corrected chi connectivity index (χ4v) is 1.96. The van der Waals surface area contributed by atoms with Gasteiger partial charge in [-0.15, -0.1) is 11.3 Å².